The van der Waals surface area contributed by atoms with E-state index in [0.717, 1.165) is 25.9 Å². The van der Waals surface area contributed by atoms with Crippen LogP contribution in [0.2, 0.25) is 5.02 Å². The van der Waals surface area contributed by atoms with Gasteiger partial charge in [0.25, 0.3) is 0 Å². The number of carbonyl (C=O) groups excluding carboxylic acids is 2. The number of likely N-dealkylation sites (tertiary alicyclic amines) is 1. The summed E-state index contributed by atoms with van der Waals surface area (Å²) in [6.45, 7) is 3.13. The van der Waals surface area contributed by atoms with Crippen LogP contribution >= 0.6 is 11.6 Å². The Morgan fingerprint density at radius 2 is 1.97 bits per heavy atom. The van der Waals surface area contributed by atoms with Crippen LogP contribution in [0.5, 0.6) is 0 Å². The quantitative estimate of drug-likeness (QED) is 0.722. The van der Waals surface area contributed by atoms with Gasteiger partial charge in [0.1, 0.15) is 0 Å². The van der Waals surface area contributed by atoms with E-state index < -0.39 is 17.8 Å². The fourth-order valence-corrected chi connectivity index (χ4v) is 4.34. The fourth-order valence-electron chi connectivity index (χ4n) is 4.10. The van der Waals surface area contributed by atoms with Gasteiger partial charge in [0, 0.05) is 43.2 Å². The standard InChI is InChI=1S/C20H24ClN3O5/c1-27-18(25)16-15(12-24-8-6-20(7-9-24)28-10-11-29-20)22-19(26)23-17(16)13-4-2-3-5-14(13)21/h2-5,17H,6-12H2,1H3,(H2,22,23,26). The van der Waals surface area contributed by atoms with Crippen molar-refractivity contribution in [3.63, 3.8) is 0 Å². The normalized spacial score (nSPS) is 24.3. The van der Waals surface area contributed by atoms with Crippen molar-refractivity contribution in [2.75, 3.05) is 40.0 Å². The zero-order valence-corrected chi connectivity index (χ0v) is 17.0. The Hall–Kier alpha value is -2.13. The van der Waals surface area contributed by atoms with E-state index in [4.69, 9.17) is 25.8 Å². The van der Waals surface area contributed by atoms with Crippen LogP contribution in [0.4, 0.5) is 4.79 Å². The molecule has 8 nitrogen and oxygen atoms in total. The van der Waals surface area contributed by atoms with Gasteiger partial charge in [0.2, 0.25) is 0 Å². The third kappa shape index (κ3) is 4.11. The van der Waals surface area contributed by atoms with E-state index in [1.807, 2.05) is 6.07 Å². The Kier molecular flexibility index (Phi) is 5.78. The van der Waals surface area contributed by atoms with E-state index in [0.29, 0.717) is 41.6 Å². The van der Waals surface area contributed by atoms with Gasteiger partial charge in [-0.1, -0.05) is 29.8 Å². The smallest absolute Gasteiger partial charge is 0.338 e. The van der Waals surface area contributed by atoms with Gasteiger partial charge in [0.15, 0.2) is 5.79 Å². The van der Waals surface area contributed by atoms with Crippen molar-refractivity contribution in [2.24, 2.45) is 0 Å². The van der Waals surface area contributed by atoms with Crippen molar-refractivity contribution in [2.45, 2.75) is 24.7 Å². The van der Waals surface area contributed by atoms with Gasteiger partial charge in [0.05, 0.1) is 31.9 Å². The van der Waals surface area contributed by atoms with E-state index in [-0.39, 0.29) is 6.03 Å². The first-order valence-corrected chi connectivity index (χ1v) is 10.0. The van der Waals surface area contributed by atoms with Crippen molar-refractivity contribution in [1.29, 1.82) is 0 Å². The van der Waals surface area contributed by atoms with Gasteiger partial charge in [-0.2, -0.15) is 0 Å². The second kappa shape index (κ2) is 8.31. The molecule has 3 heterocycles. The van der Waals surface area contributed by atoms with Crippen molar-refractivity contribution < 1.29 is 23.8 Å². The molecule has 3 aliphatic rings. The van der Waals surface area contributed by atoms with Crippen LogP contribution in [0.1, 0.15) is 24.4 Å². The minimum Gasteiger partial charge on any atom is -0.466 e. The monoisotopic (exact) mass is 421 g/mol. The van der Waals surface area contributed by atoms with Gasteiger partial charge in [-0.05, 0) is 11.6 Å². The third-order valence-electron chi connectivity index (χ3n) is 5.59. The van der Waals surface area contributed by atoms with Crippen molar-refractivity contribution in [3.05, 3.63) is 46.1 Å². The summed E-state index contributed by atoms with van der Waals surface area (Å²) in [7, 11) is 1.33. The second-order valence-corrected chi connectivity index (χ2v) is 7.73. The highest BCUT2D eigenvalue weighted by atomic mass is 35.5. The molecule has 0 aromatic heterocycles. The Labute approximate surface area is 174 Å². The first kappa shape index (κ1) is 20.2. The Morgan fingerprint density at radius 3 is 2.62 bits per heavy atom. The molecule has 9 heteroatoms. The summed E-state index contributed by atoms with van der Waals surface area (Å²) < 4.78 is 16.6. The molecule has 0 bridgehead atoms. The fraction of sp³-hybridized carbons (Fsp3) is 0.500. The SMILES string of the molecule is COC(=O)C1=C(CN2CCC3(CC2)OCCO3)NC(=O)NC1c1ccccc1Cl. The predicted octanol–water partition coefficient (Wildman–Crippen LogP) is 1.96. The number of piperidine rings is 1. The third-order valence-corrected chi connectivity index (χ3v) is 5.93. The average molecular weight is 422 g/mol. The lowest BCUT2D eigenvalue weighted by atomic mass is 9.94. The molecule has 2 amide bonds. The highest BCUT2D eigenvalue weighted by molar-refractivity contribution is 6.31. The Balaban J connectivity index is 1.60. The van der Waals surface area contributed by atoms with Crippen LogP contribution in [0.25, 0.3) is 0 Å². The average Bonchev–Trinajstić information content (AvgIpc) is 3.17. The van der Waals surface area contributed by atoms with Crippen LogP contribution < -0.4 is 10.6 Å². The zero-order valence-electron chi connectivity index (χ0n) is 16.2. The summed E-state index contributed by atoms with van der Waals surface area (Å²) in [6, 6.07) is 6.07. The summed E-state index contributed by atoms with van der Waals surface area (Å²) >= 11 is 6.34. The number of esters is 1. The number of nitrogens with zero attached hydrogens (tertiary/aromatic N) is 1. The van der Waals surface area contributed by atoms with Crippen molar-refractivity contribution in [1.82, 2.24) is 15.5 Å². The summed E-state index contributed by atoms with van der Waals surface area (Å²) in [5, 5.41) is 6.05. The van der Waals surface area contributed by atoms with Gasteiger partial charge < -0.3 is 24.8 Å². The lowest BCUT2D eigenvalue weighted by Crippen LogP contribution is -2.51. The minimum atomic E-state index is -0.683. The largest absolute Gasteiger partial charge is 0.466 e. The molecule has 2 N–H and O–H groups in total. The molecular formula is C20H24ClN3O5. The summed E-state index contributed by atoms with van der Waals surface area (Å²) in [4.78, 5) is 27.2. The van der Waals surface area contributed by atoms with E-state index in [1.54, 1.807) is 18.2 Å². The molecule has 1 aromatic rings. The van der Waals surface area contributed by atoms with Crippen LogP contribution in [0.15, 0.2) is 35.5 Å². The number of benzene rings is 1. The molecule has 2 saturated heterocycles. The number of rotatable bonds is 4. The number of nitrogens with one attached hydrogen (secondary N) is 2. The van der Waals surface area contributed by atoms with E-state index in [2.05, 4.69) is 15.5 Å². The highest BCUT2D eigenvalue weighted by Crippen LogP contribution is 2.34. The van der Waals surface area contributed by atoms with Gasteiger partial charge >= 0.3 is 12.0 Å². The molecule has 1 atom stereocenters. The molecule has 4 rings (SSSR count). The summed E-state index contributed by atoms with van der Waals surface area (Å²) in [5.41, 5.74) is 1.52. The number of carbonyl (C=O) groups is 2. The molecule has 1 spiro atoms. The lowest BCUT2D eigenvalue weighted by Gasteiger charge is -2.39. The van der Waals surface area contributed by atoms with Gasteiger partial charge in [-0.3, -0.25) is 4.90 Å². The summed E-state index contributed by atoms with van der Waals surface area (Å²) in [6.07, 6.45) is 1.49. The number of halogens is 1. The topological polar surface area (TPSA) is 89.1 Å². The molecule has 29 heavy (non-hydrogen) atoms. The first-order valence-electron chi connectivity index (χ1n) is 9.65. The minimum absolute atomic E-state index is 0.355. The molecule has 0 radical (unpaired) electrons. The maximum absolute atomic E-state index is 12.7. The molecule has 156 valence electrons. The van der Waals surface area contributed by atoms with Crippen molar-refractivity contribution in [3.8, 4) is 0 Å². The van der Waals surface area contributed by atoms with Gasteiger partial charge in [-0.15, -0.1) is 0 Å². The van der Waals surface area contributed by atoms with E-state index in [1.165, 1.54) is 7.11 Å². The second-order valence-electron chi connectivity index (χ2n) is 7.32. The maximum Gasteiger partial charge on any atom is 0.338 e. The molecule has 3 aliphatic heterocycles. The number of methoxy groups -OCH3 is 1. The number of hydrogen-bond acceptors (Lipinski definition) is 6. The van der Waals surface area contributed by atoms with Crippen LogP contribution in [0.3, 0.4) is 0 Å². The van der Waals surface area contributed by atoms with Crippen LogP contribution in [0, 0.1) is 0 Å². The number of hydrogen-bond donors (Lipinski definition) is 2. The zero-order chi connectivity index (χ0) is 20.4. The molecule has 1 aromatic carbocycles. The molecular weight excluding hydrogens is 398 g/mol. The summed E-state index contributed by atoms with van der Waals surface area (Å²) in [5.74, 6) is -0.985. The Bertz CT molecular complexity index is 827. The molecule has 2 fully saturated rings. The first-order chi connectivity index (χ1) is 14.0. The van der Waals surface area contributed by atoms with E-state index in [9.17, 15) is 9.59 Å². The number of amides is 2. The predicted molar refractivity (Wildman–Crippen MR) is 105 cm³/mol. The van der Waals surface area contributed by atoms with Crippen LogP contribution in [-0.2, 0) is 19.0 Å². The molecule has 0 saturated carbocycles. The molecule has 0 aliphatic carbocycles. The van der Waals surface area contributed by atoms with Crippen molar-refractivity contribution >= 4 is 23.6 Å². The van der Waals surface area contributed by atoms with E-state index >= 15 is 0 Å². The van der Waals surface area contributed by atoms with Crippen LogP contribution in [-0.4, -0.2) is 62.6 Å². The highest BCUT2D eigenvalue weighted by Gasteiger charge is 2.41. The number of urea groups is 1. The lowest BCUT2D eigenvalue weighted by molar-refractivity contribution is -0.184. The number of ether oxygens (including phenoxy) is 3. The maximum atomic E-state index is 12.7. The van der Waals surface area contributed by atoms with Gasteiger partial charge in [-0.25, -0.2) is 9.59 Å². The molecule has 1 unspecified atom stereocenters. The Morgan fingerprint density at radius 1 is 1.28 bits per heavy atom.